The van der Waals surface area contributed by atoms with Crippen LogP contribution in [0.2, 0.25) is 0 Å². The second kappa shape index (κ2) is 8.76. The van der Waals surface area contributed by atoms with E-state index < -0.39 is 11.9 Å². The van der Waals surface area contributed by atoms with E-state index in [9.17, 15) is 9.59 Å². The molecule has 1 rings (SSSR count). The minimum Gasteiger partial charge on any atom is -0.462 e. The highest BCUT2D eigenvalue weighted by Crippen LogP contribution is 2.36. The van der Waals surface area contributed by atoms with E-state index >= 15 is 0 Å². The first-order chi connectivity index (χ1) is 10.8. The Bertz CT molecular complexity index is 586. The van der Waals surface area contributed by atoms with E-state index in [-0.39, 0.29) is 13.2 Å². The van der Waals surface area contributed by atoms with E-state index in [0.717, 1.165) is 24.3 Å². The predicted molar refractivity (Wildman–Crippen MR) is 93.8 cm³/mol. The summed E-state index contributed by atoms with van der Waals surface area (Å²) in [6, 6.07) is 1.75. The van der Waals surface area contributed by atoms with Crippen molar-refractivity contribution in [2.45, 2.75) is 27.7 Å². The predicted octanol–water partition coefficient (Wildman–Crippen LogP) is 2.91. The molecule has 0 spiro atoms. The molecule has 0 amide bonds. The maximum atomic E-state index is 12.3. The zero-order chi connectivity index (χ0) is 17.6. The van der Waals surface area contributed by atoms with Crippen molar-refractivity contribution >= 4 is 39.2 Å². The van der Waals surface area contributed by atoms with Gasteiger partial charge in [-0.2, -0.15) is 0 Å². The fourth-order valence-corrected chi connectivity index (χ4v) is 2.61. The molecule has 0 saturated carbocycles. The Morgan fingerprint density at radius 1 is 1.22 bits per heavy atom. The average Bonchev–Trinajstić information content (AvgIpc) is 2.52. The molecule has 0 heterocycles. The van der Waals surface area contributed by atoms with Crippen LogP contribution >= 0.6 is 15.9 Å². The number of nitrogens with two attached hydrogens (primary N) is 1. The molecule has 0 bridgehead atoms. The Morgan fingerprint density at radius 3 is 2.30 bits per heavy atom. The molecule has 7 heteroatoms. The summed E-state index contributed by atoms with van der Waals surface area (Å²) in [5.74, 6) is -0.875. The number of carbonyl (C=O) groups excluding carboxylic acids is 2. The largest absolute Gasteiger partial charge is 0.462 e. The van der Waals surface area contributed by atoms with E-state index in [1.54, 1.807) is 13.0 Å². The molecular weight excluding hydrogens is 364 g/mol. The number of esters is 2. The zero-order valence-electron chi connectivity index (χ0n) is 13.9. The van der Waals surface area contributed by atoms with Crippen LogP contribution in [0.1, 0.15) is 36.7 Å². The van der Waals surface area contributed by atoms with Crippen molar-refractivity contribution < 1.29 is 19.1 Å². The molecule has 0 aliphatic rings. The molecule has 0 fully saturated rings. The fraction of sp³-hybridized carbons (Fsp3) is 0.500. The number of carbonyl (C=O) groups is 2. The lowest BCUT2D eigenvalue weighted by atomic mass is 10.1. The summed E-state index contributed by atoms with van der Waals surface area (Å²) in [5, 5.41) is 0. The highest BCUT2D eigenvalue weighted by Gasteiger charge is 2.20. The van der Waals surface area contributed by atoms with Gasteiger partial charge in [-0.25, -0.2) is 4.79 Å². The molecule has 2 N–H and O–H groups in total. The number of benzene rings is 1. The average molecular weight is 387 g/mol. The molecule has 23 heavy (non-hydrogen) atoms. The molecular formula is C16H23BrN2O4. The summed E-state index contributed by atoms with van der Waals surface area (Å²) in [5.41, 5.74) is 8.71. The lowest BCUT2D eigenvalue weighted by molar-refractivity contribution is -0.142. The number of nitrogen functional groups attached to an aromatic ring is 1. The molecule has 6 nitrogen and oxygen atoms in total. The first-order valence-corrected chi connectivity index (χ1v) is 8.26. The van der Waals surface area contributed by atoms with Crippen molar-refractivity contribution in [3.05, 3.63) is 21.7 Å². The first-order valence-electron chi connectivity index (χ1n) is 7.47. The van der Waals surface area contributed by atoms with Crippen LogP contribution in [0, 0.1) is 6.92 Å². The molecule has 1 aromatic rings. The van der Waals surface area contributed by atoms with Gasteiger partial charge in [-0.05, 0) is 48.3 Å². The van der Waals surface area contributed by atoms with Gasteiger partial charge in [0.15, 0.2) is 0 Å². The zero-order valence-corrected chi connectivity index (χ0v) is 15.5. The van der Waals surface area contributed by atoms with Gasteiger partial charge in [0, 0.05) is 24.5 Å². The normalized spacial score (nSPS) is 10.3. The third-order valence-corrected chi connectivity index (χ3v) is 4.49. The molecule has 1 aromatic carbocycles. The van der Waals surface area contributed by atoms with E-state index in [0.29, 0.717) is 15.7 Å². The van der Waals surface area contributed by atoms with Crippen molar-refractivity contribution in [3.63, 3.8) is 0 Å². The smallest absolute Gasteiger partial charge is 0.338 e. The molecule has 0 radical (unpaired) electrons. The third kappa shape index (κ3) is 4.86. The van der Waals surface area contributed by atoms with Crippen LogP contribution in [-0.4, -0.2) is 38.2 Å². The number of anilines is 2. The summed E-state index contributed by atoms with van der Waals surface area (Å²) in [4.78, 5) is 25.0. The number of ether oxygens (including phenoxy) is 2. The van der Waals surface area contributed by atoms with Crippen molar-refractivity contribution in [1.82, 2.24) is 0 Å². The molecule has 0 saturated heterocycles. The Balaban J connectivity index is 3.01. The summed E-state index contributed by atoms with van der Waals surface area (Å²) in [6.45, 7) is 8.75. The monoisotopic (exact) mass is 386 g/mol. The lowest BCUT2D eigenvalue weighted by Crippen LogP contribution is -2.24. The summed E-state index contributed by atoms with van der Waals surface area (Å²) < 4.78 is 10.6. The van der Waals surface area contributed by atoms with E-state index in [2.05, 4.69) is 20.8 Å². The minimum atomic E-state index is -0.469. The fourth-order valence-electron chi connectivity index (χ4n) is 2.19. The molecule has 0 atom stereocenters. The quantitative estimate of drug-likeness (QED) is 0.440. The van der Waals surface area contributed by atoms with Crippen LogP contribution in [0.4, 0.5) is 11.4 Å². The van der Waals surface area contributed by atoms with Crippen LogP contribution in [-0.2, 0) is 14.3 Å². The van der Waals surface area contributed by atoms with Crippen LogP contribution in [0.15, 0.2) is 10.5 Å². The Labute approximate surface area is 145 Å². The summed E-state index contributed by atoms with van der Waals surface area (Å²) in [7, 11) is 0. The van der Waals surface area contributed by atoms with Gasteiger partial charge >= 0.3 is 11.9 Å². The van der Waals surface area contributed by atoms with Crippen LogP contribution in [0.3, 0.4) is 0 Å². The second-order valence-electron chi connectivity index (χ2n) is 4.94. The van der Waals surface area contributed by atoms with Gasteiger partial charge in [0.2, 0.25) is 0 Å². The highest BCUT2D eigenvalue weighted by molar-refractivity contribution is 9.10. The Hall–Kier alpha value is -1.76. The first kappa shape index (κ1) is 19.3. The Morgan fingerprint density at radius 2 is 1.78 bits per heavy atom. The molecule has 0 aromatic heterocycles. The molecule has 0 aliphatic heterocycles. The standard InChI is InChI=1S/C16H23BrN2O4/c1-5-19(6-2)13-9-12(10(3)14(17)15(13)18)16(21)23-8-7-22-11(4)20/h9H,5-8,18H2,1-4H3. The highest BCUT2D eigenvalue weighted by atomic mass is 79.9. The van der Waals surface area contributed by atoms with Crippen molar-refractivity contribution in [3.8, 4) is 0 Å². The molecule has 128 valence electrons. The number of hydrogen-bond donors (Lipinski definition) is 1. The second-order valence-corrected chi connectivity index (χ2v) is 5.74. The van der Waals surface area contributed by atoms with Crippen molar-refractivity contribution in [1.29, 1.82) is 0 Å². The van der Waals surface area contributed by atoms with E-state index in [1.807, 2.05) is 13.8 Å². The number of hydrogen-bond acceptors (Lipinski definition) is 6. The van der Waals surface area contributed by atoms with Crippen LogP contribution < -0.4 is 10.6 Å². The van der Waals surface area contributed by atoms with Gasteiger partial charge in [0.25, 0.3) is 0 Å². The van der Waals surface area contributed by atoms with Gasteiger partial charge < -0.3 is 20.1 Å². The van der Waals surface area contributed by atoms with Crippen LogP contribution in [0.25, 0.3) is 0 Å². The topological polar surface area (TPSA) is 81.9 Å². The third-order valence-electron chi connectivity index (χ3n) is 3.47. The van der Waals surface area contributed by atoms with Crippen molar-refractivity contribution in [2.24, 2.45) is 0 Å². The number of rotatable bonds is 7. The van der Waals surface area contributed by atoms with Crippen molar-refractivity contribution in [2.75, 3.05) is 36.9 Å². The lowest BCUT2D eigenvalue weighted by Gasteiger charge is -2.25. The maximum absolute atomic E-state index is 12.3. The van der Waals surface area contributed by atoms with Gasteiger partial charge in [0.1, 0.15) is 13.2 Å². The summed E-state index contributed by atoms with van der Waals surface area (Å²) >= 11 is 3.45. The van der Waals surface area contributed by atoms with Crippen LogP contribution in [0.5, 0.6) is 0 Å². The van der Waals surface area contributed by atoms with E-state index in [1.165, 1.54) is 6.92 Å². The number of nitrogens with zero attached hydrogens (tertiary/aromatic N) is 1. The maximum Gasteiger partial charge on any atom is 0.338 e. The molecule has 0 aliphatic carbocycles. The summed E-state index contributed by atoms with van der Waals surface area (Å²) in [6.07, 6.45) is 0. The van der Waals surface area contributed by atoms with Gasteiger partial charge in [-0.1, -0.05) is 0 Å². The van der Waals surface area contributed by atoms with Gasteiger partial charge in [0.05, 0.1) is 16.9 Å². The number of halogens is 1. The minimum absolute atomic E-state index is 0.0143. The van der Waals surface area contributed by atoms with E-state index in [4.69, 9.17) is 15.2 Å². The molecule has 0 unspecified atom stereocenters. The van der Waals surface area contributed by atoms with Gasteiger partial charge in [-0.15, -0.1) is 0 Å². The van der Waals surface area contributed by atoms with Gasteiger partial charge in [-0.3, -0.25) is 4.79 Å². The Kier molecular flexibility index (Phi) is 7.35. The SMILES string of the molecule is CCN(CC)c1cc(C(=O)OCCOC(C)=O)c(C)c(Br)c1N.